The second-order valence-electron chi connectivity index (χ2n) is 9.51. The number of fused-ring (bicyclic) bond motifs is 1. The number of carbonyl (C=O) groups is 2. The quantitative estimate of drug-likeness (QED) is 0.635. The Balaban J connectivity index is 2.02. The Morgan fingerprint density at radius 2 is 1.94 bits per heavy atom. The highest BCUT2D eigenvalue weighted by Gasteiger charge is 2.35. The lowest BCUT2D eigenvalue weighted by molar-refractivity contribution is -0.126. The first-order valence-electron chi connectivity index (χ1n) is 11.0. The van der Waals surface area contributed by atoms with Gasteiger partial charge < -0.3 is 20.1 Å². The molecule has 0 spiro atoms. The summed E-state index contributed by atoms with van der Waals surface area (Å²) in [7, 11) is 1.90. The van der Waals surface area contributed by atoms with Gasteiger partial charge >= 0.3 is 0 Å². The van der Waals surface area contributed by atoms with Crippen LogP contribution in [0.4, 0.5) is 13.2 Å². The van der Waals surface area contributed by atoms with E-state index >= 15 is 0 Å². The number of imidazole rings is 1. The zero-order valence-corrected chi connectivity index (χ0v) is 20.3. The van der Waals surface area contributed by atoms with Gasteiger partial charge in [-0.3, -0.25) is 9.59 Å². The van der Waals surface area contributed by atoms with E-state index in [0.717, 1.165) is 13.0 Å². The SMILES string of the molecule is CN1CCCn2c(-c3cc(Cl)ccc3F)nc(C(=O)N[C@H](C(=O)NCC(F)F)C(C)(C)C)c2C1. The highest BCUT2D eigenvalue weighted by atomic mass is 35.5. The molecule has 3 rings (SSSR count). The van der Waals surface area contributed by atoms with Crippen molar-refractivity contribution in [3.63, 3.8) is 0 Å². The summed E-state index contributed by atoms with van der Waals surface area (Å²) in [6.07, 6.45) is -1.95. The number of hydrogen-bond acceptors (Lipinski definition) is 4. The molecule has 0 aliphatic carbocycles. The monoisotopic (exact) mass is 499 g/mol. The van der Waals surface area contributed by atoms with Gasteiger partial charge in [-0.2, -0.15) is 0 Å². The van der Waals surface area contributed by atoms with Crippen LogP contribution in [0.1, 0.15) is 43.4 Å². The average Bonchev–Trinajstić information content (AvgIpc) is 2.97. The van der Waals surface area contributed by atoms with E-state index in [0.29, 0.717) is 23.8 Å². The summed E-state index contributed by atoms with van der Waals surface area (Å²) < 4.78 is 41.7. The van der Waals surface area contributed by atoms with E-state index in [1.54, 1.807) is 25.3 Å². The van der Waals surface area contributed by atoms with Crippen LogP contribution in [0.15, 0.2) is 18.2 Å². The van der Waals surface area contributed by atoms with Crippen LogP contribution >= 0.6 is 11.6 Å². The first-order chi connectivity index (χ1) is 15.9. The highest BCUT2D eigenvalue weighted by Crippen LogP contribution is 2.30. The predicted octanol–water partition coefficient (Wildman–Crippen LogP) is 3.70. The fourth-order valence-electron chi connectivity index (χ4n) is 3.93. The molecule has 2 aromatic rings. The molecule has 1 atom stereocenters. The summed E-state index contributed by atoms with van der Waals surface area (Å²) >= 11 is 6.09. The molecule has 1 aromatic carbocycles. The number of rotatable bonds is 6. The summed E-state index contributed by atoms with van der Waals surface area (Å²) in [5.74, 6) is -1.62. The van der Waals surface area contributed by atoms with Crippen LogP contribution in [0, 0.1) is 11.2 Å². The van der Waals surface area contributed by atoms with Crippen LogP contribution in [-0.2, 0) is 17.9 Å². The van der Waals surface area contributed by atoms with Gasteiger partial charge in [-0.25, -0.2) is 18.2 Å². The van der Waals surface area contributed by atoms with Gasteiger partial charge in [0.15, 0.2) is 5.69 Å². The molecule has 11 heteroatoms. The number of benzene rings is 1. The molecule has 1 aliphatic heterocycles. The minimum atomic E-state index is -2.71. The molecule has 2 N–H and O–H groups in total. The normalized spacial score (nSPS) is 15.6. The maximum absolute atomic E-state index is 14.7. The van der Waals surface area contributed by atoms with E-state index in [1.807, 2.05) is 11.9 Å². The molecule has 0 saturated heterocycles. The van der Waals surface area contributed by atoms with Gasteiger partial charge in [0.2, 0.25) is 5.91 Å². The third kappa shape index (κ3) is 5.90. The molecule has 0 unspecified atom stereocenters. The molecule has 0 fully saturated rings. The average molecular weight is 500 g/mol. The largest absolute Gasteiger partial charge is 0.349 e. The molecular formula is C23H29ClF3N5O2. The van der Waals surface area contributed by atoms with Gasteiger partial charge in [-0.05, 0) is 43.6 Å². The standard InChI is InChI=1S/C23H29ClF3N5O2/c1-23(2,3)19(22(34)28-11-17(26)27)30-21(33)18-16-12-31(4)8-5-9-32(16)20(29-18)14-10-13(24)6-7-15(14)25/h6-7,10,17,19H,5,8-9,11-12H2,1-4H3,(H,28,34)(H,30,33)/t19-/m1/s1. The Bertz CT molecular complexity index is 1070. The molecule has 0 radical (unpaired) electrons. The Kier molecular flexibility index (Phi) is 7.92. The molecule has 2 amide bonds. The van der Waals surface area contributed by atoms with E-state index in [9.17, 15) is 22.8 Å². The van der Waals surface area contributed by atoms with E-state index in [1.165, 1.54) is 18.2 Å². The van der Waals surface area contributed by atoms with E-state index in [-0.39, 0.29) is 17.1 Å². The van der Waals surface area contributed by atoms with Crippen LogP contribution in [0.2, 0.25) is 5.02 Å². The first-order valence-corrected chi connectivity index (χ1v) is 11.4. The van der Waals surface area contributed by atoms with Crippen molar-refractivity contribution < 1.29 is 22.8 Å². The third-order valence-electron chi connectivity index (χ3n) is 5.63. The van der Waals surface area contributed by atoms with Crippen molar-refractivity contribution in [3.8, 4) is 11.4 Å². The topological polar surface area (TPSA) is 79.3 Å². The van der Waals surface area contributed by atoms with Gasteiger partial charge in [-0.1, -0.05) is 32.4 Å². The van der Waals surface area contributed by atoms with Crippen LogP contribution in [0.5, 0.6) is 0 Å². The zero-order chi connectivity index (χ0) is 25.2. The number of aromatic nitrogens is 2. The van der Waals surface area contributed by atoms with Gasteiger partial charge in [0, 0.05) is 18.1 Å². The minimum Gasteiger partial charge on any atom is -0.349 e. The maximum atomic E-state index is 14.7. The van der Waals surface area contributed by atoms with Crippen LogP contribution in [-0.4, -0.2) is 58.9 Å². The molecule has 0 bridgehead atoms. The number of halogens is 4. The van der Waals surface area contributed by atoms with Crippen molar-refractivity contribution >= 4 is 23.4 Å². The molecule has 1 aromatic heterocycles. The summed E-state index contributed by atoms with van der Waals surface area (Å²) in [5, 5.41) is 5.16. The number of nitrogens with one attached hydrogen (secondary N) is 2. The number of hydrogen-bond donors (Lipinski definition) is 2. The second-order valence-corrected chi connectivity index (χ2v) is 9.94. The van der Waals surface area contributed by atoms with E-state index in [2.05, 4.69) is 15.6 Å². The van der Waals surface area contributed by atoms with Gasteiger partial charge in [0.05, 0.1) is 17.8 Å². The van der Waals surface area contributed by atoms with Crippen molar-refractivity contribution in [1.82, 2.24) is 25.1 Å². The molecule has 186 valence electrons. The zero-order valence-electron chi connectivity index (χ0n) is 19.6. The van der Waals surface area contributed by atoms with Crippen LogP contribution in [0.25, 0.3) is 11.4 Å². The van der Waals surface area contributed by atoms with Crippen LogP contribution < -0.4 is 10.6 Å². The smallest absolute Gasteiger partial charge is 0.272 e. The summed E-state index contributed by atoms with van der Waals surface area (Å²) in [6, 6.07) is 3.04. The Labute approximate surface area is 201 Å². The highest BCUT2D eigenvalue weighted by molar-refractivity contribution is 6.30. The fraction of sp³-hybridized carbons (Fsp3) is 0.522. The molecule has 34 heavy (non-hydrogen) atoms. The van der Waals surface area contributed by atoms with Gasteiger partial charge in [-0.15, -0.1) is 0 Å². The van der Waals surface area contributed by atoms with Crippen molar-refractivity contribution in [2.75, 3.05) is 20.1 Å². The molecule has 1 aliphatic rings. The number of amides is 2. The molecule has 0 saturated carbocycles. The Hall–Kier alpha value is -2.59. The lowest BCUT2D eigenvalue weighted by Crippen LogP contribution is -2.54. The Morgan fingerprint density at radius 1 is 1.24 bits per heavy atom. The van der Waals surface area contributed by atoms with E-state index < -0.39 is 42.1 Å². The minimum absolute atomic E-state index is 0.0547. The number of carbonyl (C=O) groups excluding carboxylic acids is 2. The van der Waals surface area contributed by atoms with Crippen molar-refractivity contribution in [2.45, 2.75) is 52.7 Å². The van der Waals surface area contributed by atoms with Crippen molar-refractivity contribution in [3.05, 3.63) is 40.4 Å². The van der Waals surface area contributed by atoms with Crippen LogP contribution in [0.3, 0.4) is 0 Å². The summed E-state index contributed by atoms with van der Waals surface area (Å²) in [5.41, 5.74) is 0.0306. The second kappa shape index (κ2) is 10.4. The van der Waals surface area contributed by atoms with E-state index in [4.69, 9.17) is 11.6 Å². The van der Waals surface area contributed by atoms with Crippen molar-refractivity contribution in [1.29, 1.82) is 0 Å². The lowest BCUT2D eigenvalue weighted by Gasteiger charge is -2.30. The number of nitrogens with zero attached hydrogens (tertiary/aromatic N) is 3. The summed E-state index contributed by atoms with van der Waals surface area (Å²) in [4.78, 5) is 32.5. The number of alkyl halides is 2. The Morgan fingerprint density at radius 3 is 2.59 bits per heavy atom. The lowest BCUT2D eigenvalue weighted by atomic mass is 9.86. The van der Waals surface area contributed by atoms with Crippen molar-refractivity contribution in [2.24, 2.45) is 5.41 Å². The predicted molar refractivity (Wildman–Crippen MR) is 123 cm³/mol. The molecular weight excluding hydrogens is 471 g/mol. The third-order valence-corrected chi connectivity index (χ3v) is 5.87. The maximum Gasteiger partial charge on any atom is 0.272 e. The summed E-state index contributed by atoms with van der Waals surface area (Å²) in [6.45, 7) is 6.00. The fourth-order valence-corrected chi connectivity index (χ4v) is 4.10. The van der Waals surface area contributed by atoms with Gasteiger partial charge in [0.25, 0.3) is 12.3 Å². The first kappa shape index (κ1) is 26.0. The molecule has 2 heterocycles. The van der Waals surface area contributed by atoms with Gasteiger partial charge in [0.1, 0.15) is 17.7 Å². The molecule has 7 nitrogen and oxygen atoms in total.